The molecule has 2 aromatic rings. The van der Waals surface area contributed by atoms with E-state index in [-0.39, 0.29) is 0 Å². The van der Waals surface area contributed by atoms with Crippen molar-refractivity contribution in [3.8, 4) is 5.75 Å². The number of anilines is 1. The Hall–Kier alpha value is -2.07. The van der Waals surface area contributed by atoms with Gasteiger partial charge in [-0.25, -0.2) is 0 Å². The average Bonchev–Trinajstić information content (AvgIpc) is 2.70. The molecule has 0 atom stereocenters. The summed E-state index contributed by atoms with van der Waals surface area (Å²) in [6, 6.07) is 12.3. The molecule has 0 saturated heterocycles. The molecule has 0 spiro atoms. The van der Waals surface area contributed by atoms with Gasteiger partial charge in [0.15, 0.2) is 0 Å². The quantitative estimate of drug-likeness (QED) is 0.929. The molecule has 0 amide bonds. The second-order valence-electron chi connectivity index (χ2n) is 4.95. The van der Waals surface area contributed by atoms with E-state index in [1.54, 1.807) is 0 Å². The number of aromatic nitrogens is 1. The lowest BCUT2D eigenvalue weighted by atomic mass is 10.2. The van der Waals surface area contributed by atoms with E-state index in [0.717, 1.165) is 43.2 Å². The predicted molar refractivity (Wildman–Crippen MR) is 79.7 cm³/mol. The van der Waals surface area contributed by atoms with Gasteiger partial charge in [-0.15, -0.1) is 0 Å². The third-order valence-corrected chi connectivity index (χ3v) is 3.50. The highest BCUT2D eigenvalue weighted by atomic mass is 16.5. The number of hydrogen-bond donors (Lipinski definition) is 1. The highest BCUT2D eigenvalue weighted by Crippen LogP contribution is 2.31. The summed E-state index contributed by atoms with van der Waals surface area (Å²) in [4.78, 5) is 6.60. The van der Waals surface area contributed by atoms with E-state index in [2.05, 4.69) is 28.1 Å². The van der Waals surface area contributed by atoms with Crippen molar-refractivity contribution in [2.24, 2.45) is 5.73 Å². The van der Waals surface area contributed by atoms with Crippen LogP contribution in [-0.2, 0) is 13.1 Å². The van der Waals surface area contributed by atoms with Crippen LogP contribution in [0.25, 0.3) is 0 Å². The van der Waals surface area contributed by atoms with Crippen LogP contribution in [-0.4, -0.2) is 18.1 Å². The second kappa shape index (κ2) is 5.92. The molecule has 1 aliphatic rings. The van der Waals surface area contributed by atoms with Crippen LogP contribution in [0.5, 0.6) is 5.75 Å². The summed E-state index contributed by atoms with van der Waals surface area (Å²) in [5.41, 5.74) is 8.99. The van der Waals surface area contributed by atoms with E-state index in [9.17, 15) is 0 Å². The fourth-order valence-corrected chi connectivity index (χ4v) is 2.52. The number of rotatable bonds is 3. The fourth-order valence-electron chi connectivity index (χ4n) is 2.52. The van der Waals surface area contributed by atoms with Crippen LogP contribution in [0.2, 0.25) is 0 Å². The van der Waals surface area contributed by atoms with Gasteiger partial charge in [0.2, 0.25) is 0 Å². The molecule has 2 heterocycles. The summed E-state index contributed by atoms with van der Waals surface area (Å²) < 4.78 is 5.79. The van der Waals surface area contributed by atoms with Crippen molar-refractivity contribution < 1.29 is 4.74 Å². The number of benzene rings is 1. The molecule has 1 aliphatic heterocycles. The maximum atomic E-state index is 5.79. The van der Waals surface area contributed by atoms with Crippen LogP contribution >= 0.6 is 0 Å². The van der Waals surface area contributed by atoms with E-state index in [1.807, 2.05) is 24.4 Å². The molecule has 0 fully saturated rings. The molecular formula is C16H19N3O. The summed E-state index contributed by atoms with van der Waals surface area (Å²) in [6.45, 7) is 3.11. The van der Waals surface area contributed by atoms with Gasteiger partial charge in [0.1, 0.15) is 5.75 Å². The molecule has 2 N–H and O–H groups in total. The molecule has 0 bridgehead atoms. The Morgan fingerprint density at radius 1 is 1.25 bits per heavy atom. The lowest BCUT2D eigenvalue weighted by Crippen LogP contribution is -2.23. The molecule has 1 aromatic carbocycles. The zero-order valence-corrected chi connectivity index (χ0v) is 11.5. The number of hydrogen-bond acceptors (Lipinski definition) is 4. The number of nitrogens with two attached hydrogens (primary N) is 1. The molecule has 1 aromatic heterocycles. The first-order valence-electron chi connectivity index (χ1n) is 6.97. The topological polar surface area (TPSA) is 51.4 Å². The molecule has 4 heteroatoms. The Kier molecular flexibility index (Phi) is 3.83. The summed E-state index contributed by atoms with van der Waals surface area (Å²) in [6.07, 6.45) is 2.86. The molecule has 4 nitrogen and oxygen atoms in total. The van der Waals surface area contributed by atoms with Crippen LogP contribution in [0.3, 0.4) is 0 Å². The lowest BCUT2D eigenvalue weighted by Gasteiger charge is -2.24. The Morgan fingerprint density at radius 3 is 3.05 bits per heavy atom. The Bertz CT molecular complexity index is 585. The van der Waals surface area contributed by atoms with E-state index in [1.165, 1.54) is 5.56 Å². The number of nitrogens with zero attached hydrogens (tertiary/aromatic N) is 2. The van der Waals surface area contributed by atoms with Gasteiger partial charge in [-0.1, -0.05) is 12.1 Å². The Morgan fingerprint density at radius 2 is 2.15 bits per heavy atom. The van der Waals surface area contributed by atoms with Gasteiger partial charge in [0.25, 0.3) is 0 Å². The maximum Gasteiger partial charge on any atom is 0.142 e. The Labute approximate surface area is 119 Å². The largest absolute Gasteiger partial charge is 0.491 e. The highest BCUT2D eigenvalue weighted by molar-refractivity contribution is 5.59. The van der Waals surface area contributed by atoms with Crippen molar-refractivity contribution in [3.63, 3.8) is 0 Å². The van der Waals surface area contributed by atoms with Gasteiger partial charge >= 0.3 is 0 Å². The van der Waals surface area contributed by atoms with Crippen molar-refractivity contribution >= 4 is 5.69 Å². The summed E-state index contributed by atoms with van der Waals surface area (Å²) >= 11 is 0. The fraction of sp³-hybridized carbons (Fsp3) is 0.312. The van der Waals surface area contributed by atoms with Crippen LogP contribution in [0.15, 0.2) is 42.6 Å². The minimum absolute atomic E-state index is 0.480. The number of ether oxygens (including phenoxy) is 1. The van der Waals surface area contributed by atoms with E-state index >= 15 is 0 Å². The van der Waals surface area contributed by atoms with Crippen LogP contribution in [0.1, 0.15) is 17.7 Å². The zero-order chi connectivity index (χ0) is 13.8. The van der Waals surface area contributed by atoms with E-state index in [0.29, 0.717) is 6.54 Å². The van der Waals surface area contributed by atoms with Crippen molar-refractivity contribution in [1.29, 1.82) is 0 Å². The third-order valence-electron chi connectivity index (χ3n) is 3.50. The molecule has 0 aliphatic carbocycles. The van der Waals surface area contributed by atoms with Gasteiger partial charge in [-0.2, -0.15) is 0 Å². The first-order chi connectivity index (χ1) is 9.86. The molecular weight excluding hydrogens is 250 g/mol. The van der Waals surface area contributed by atoms with Crippen molar-refractivity contribution in [2.75, 3.05) is 18.1 Å². The molecule has 0 radical (unpaired) electrons. The summed E-state index contributed by atoms with van der Waals surface area (Å²) in [5, 5.41) is 0. The van der Waals surface area contributed by atoms with Crippen LogP contribution < -0.4 is 15.4 Å². The number of para-hydroxylation sites is 2. The summed E-state index contributed by atoms with van der Waals surface area (Å²) in [5.74, 6) is 0.970. The van der Waals surface area contributed by atoms with Gasteiger partial charge in [0, 0.05) is 25.8 Å². The highest BCUT2D eigenvalue weighted by Gasteiger charge is 2.16. The first kappa shape index (κ1) is 12.9. The monoisotopic (exact) mass is 269 g/mol. The van der Waals surface area contributed by atoms with Crippen molar-refractivity contribution in [3.05, 3.63) is 53.9 Å². The van der Waals surface area contributed by atoms with Crippen LogP contribution in [0, 0.1) is 0 Å². The molecule has 0 unspecified atom stereocenters. The lowest BCUT2D eigenvalue weighted by molar-refractivity contribution is 0.322. The molecule has 104 valence electrons. The molecule has 0 saturated carbocycles. The summed E-state index contributed by atoms with van der Waals surface area (Å²) in [7, 11) is 0. The molecule has 20 heavy (non-hydrogen) atoms. The minimum atomic E-state index is 0.480. The minimum Gasteiger partial charge on any atom is -0.491 e. The van der Waals surface area contributed by atoms with E-state index in [4.69, 9.17) is 10.5 Å². The van der Waals surface area contributed by atoms with Gasteiger partial charge in [-0.3, -0.25) is 4.98 Å². The third kappa shape index (κ3) is 2.75. The van der Waals surface area contributed by atoms with Gasteiger partial charge < -0.3 is 15.4 Å². The van der Waals surface area contributed by atoms with Gasteiger partial charge in [-0.05, 0) is 36.2 Å². The predicted octanol–water partition coefficient (Wildman–Crippen LogP) is 2.33. The first-order valence-corrected chi connectivity index (χ1v) is 6.97. The number of pyridine rings is 1. The SMILES string of the molecule is NCc1cc(CN2CCCOc3ccccc32)ccn1. The standard InChI is InChI=1S/C16H19N3O/c17-11-14-10-13(6-7-18-14)12-19-8-3-9-20-16-5-2-1-4-15(16)19/h1-2,4-7,10H,3,8-9,11-12,17H2. The van der Waals surface area contributed by atoms with Crippen molar-refractivity contribution in [2.45, 2.75) is 19.5 Å². The van der Waals surface area contributed by atoms with Gasteiger partial charge in [0.05, 0.1) is 18.0 Å². The molecule has 3 rings (SSSR count). The number of fused-ring (bicyclic) bond motifs is 1. The average molecular weight is 269 g/mol. The normalized spacial score (nSPS) is 14.3. The Balaban J connectivity index is 1.86. The smallest absolute Gasteiger partial charge is 0.142 e. The second-order valence-corrected chi connectivity index (χ2v) is 4.95. The van der Waals surface area contributed by atoms with E-state index < -0.39 is 0 Å². The maximum absolute atomic E-state index is 5.79. The zero-order valence-electron chi connectivity index (χ0n) is 11.5. The van der Waals surface area contributed by atoms with Crippen LogP contribution in [0.4, 0.5) is 5.69 Å². The van der Waals surface area contributed by atoms with Crippen molar-refractivity contribution in [1.82, 2.24) is 4.98 Å².